The molecule has 0 radical (unpaired) electrons. The lowest BCUT2D eigenvalue weighted by atomic mass is 10.1. The van der Waals surface area contributed by atoms with Gasteiger partial charge in [-0.3, -0.25) is 4.79 Å². The Bertz CT molecular complexity index is 1210. The minimum absolute atomic E-state index is 0.192. The molecule has 162 valence electrons. The van der Waals surface area contributed by atoms with Crippen molar-refractivity contribution in [1.29, 1.82) is 5.26 Å². The molecule has 1 amide bonds. The number of nitrogens with zero attached hydrogens (tertiary/aromatic N) is 2. The van der Waals surface area contributed by atoms with Crippen molar-refractivity contribution >= 4 is 44.5 Å². The van der Waals surface area contributed by atoms with Gasteiger partial charge < -0.3 is 10.4 Å². The van der Waals surface area contributed by atoms with Gasteiger partial charge in [0.2, 0.25) is 0 Å². The maximum absolute atomic E-state index is 13.1. The zero-order valence-corrected chi connectivity index (χ0v) is 17.4. The second-order valence-corrected chi connectivity index (χ2v) is 8.73. The van der Waals surface area contributed by atoms with Gasteiger partial charge in [-0.05, 0) is 55.5 Å². The third-order valence-corrected chi connectivity index (χ3v) is 6.02. The van der Waals surface area contributed by atoms with Crippen LogP contribution < -0.4 is 5.32 Å². The summed E-state index contributed by atoms with van der Waals surface area (Å²) in [6.45, 7) is 0.910. The van der Waals surface area contributed by atoms with E-state index in [9.17, 15) is 31.5 Å². The predicted molar refractivity (Wildman–Crippen MR) is 109 cm³/mol. The van der Waals surface area contributed by atoms with E-state index in [1.165, 1.54) is 30.3 Å². The van der Waals surface area contributed by atoms with E-state index in [1.54, 1.807) is 0 Å². The highest BCUT2D eigenvalue weighted by atomic mass is 32.2. The van der Waals surface area contributed by atoms with Crippen molar-refractivity contribution in [2.24, 2.45) is 4.99 Å². The lowest BCUT2D eigenvalue weighted by Crippen LogP contribution is -2.45. The standard InChI is InChI=1S/C19H14F3N3O4S2/c1-18(27,10-31(28,29)15-4-2-3-13(7-15)24-11-30)17(26)25-14-6-5-12(9-23)16(8-14)19(20,21)22/h2-8,27H,10H2,1H3,(H,25,26). The monoisotopic (exact) mass is 469 g/mol. The van der Waals surface area contributed by atoms with Gasteiger partial charge in [0.05, 0.1) is 38.7 Å². The number of nitriles is 1. The molecular weight excluding hydrogens is 455 g/mol. The van der Waals surface area contributed by atoms with Crippen LogP contribution >= 0.6 is 12.2 Å². The first-order valence-corrected chi connectivity index (χ1v) is 10.4. The van der Waals surface area contributed by atoms with Crippen LogP contribution in [0.5, 0.6) is 0 Å². The fourth-order valence-electron chi connectivity index (χ4n) is 2.54. The molecular formula is C19H14F3N3O4S2. The summed E-state index contributed by atoms with van der Waals surface area (Å²) in [5.74, 6) is -2.30. The van der Waals surface area contributed by atoms with Crippen LogP contribution in [-0.4, -0.2) is 35.9 Å². The number of amides is 1. The Balaban J connectivity index is 2.28. The number of benzene rings is 2. The van der Waals surface area contributed by atoms with Crippen molar-refractivity contribution < 1.29 is 31.5 Å². The second-order valence-electron chi connectivity index (χ2n) is 6.56. The lowest BCUT2D eigenvalue weighted by molar-refractivity contribution is -0.137. The molecule has 0 bridgehead atoms. The maximum atomic E-state index is 13.1. The number of carbonyl (C=O) groups is 1. The number of carbonyl (C=O) groups excluding carboxylic acids is 1. The number of thiocarbonyl (C=S) groups is 1. The van der Waals surface area contributed by atoms with Crippen LogP contribution in [0.15, 0.2) is 52.4 Å². The van der Waals surface area contributed by atoms with Gasteiger partial charge in [-0.15, -0.1) is 0 Å². The first kappa shape index (κ1) is 24.2. The van der Waals surface area contributed by atoms with Gasteiger partial charge in [-0.2, -0.15) is 23.4 Å². The normalized spacial score (nSPS) is 13.4. The summed E-state index contributed by atoms with van der Waals surface area (Å²) in [7, 11) is -4.19. The minimum Gasteiger partial charge on any atom is -0.379 e. The number of isothiocyanates is 1. The van der Waals surface area contributed by atoms with Crippen LogP contribution in [0, 0.1) is 11.3 Å². The molecule has 1 unspecified atom stereocenters. The number of anilines is 1. The van der Waals surface area contributed by atoms with Gasteiger partial charge in [0, 0.05) is 5.69 Å². The summed E-state index contributed by atoms with van der Waals surface area (Å²) in [5.41, 5.74) is -4.60. The van der Waals surface area contributed by atoms with Crippen LogP contribution in [0.25, 0.3) is 0 Å². The molecule has 0 aliphatic rings. The minimum atomic E-state index is -4.85. The molecule has 0 saturated carbocycles. The van der Waals surface area contributed by atoms with E-state index in [4.69, 9.17) is 5.26 Å². The van der Waals surface area contributed by atoms with Gasteiger partial charge in [-0.1, -0.05) is 6.07 Å². The summed E-state index contributed by atoms with van der Waals surface area (Å²) in [5, 5.41) is 23.4. The molecule has 0 aliphatic carbocycles. The molecule has 2 aromatic carbocycles. The highest BCUT2D eigenvalue weighted by Crippen LogP contribution is 2.33. The van der Waals surface area contributed by atoms with Gasteiger partial charge in [-0.25, -0.2) is 8.42 Å². The Morgan fingerprint density at radius 1 is 1.26 bits per heavy atom. The summed E-state index contributed by atoms with van der Waals surface area (Å²) >= 11 is 4.46. The van der Waals surface area contributed by atoms with Crippen molar-refractivity contribution in [2.75, 3.05) is 11.1 Å². The van der Waals surface area contributed by atoms with E-state index in [-0.39, 0.29) is 16.3 Å². The average molecular weight is 469 g/mol. The fraction of sp³-hybridized carbons (Fsp3) is 0.211. The molecule has 1 atom stereocenters. The molecule has 12 heteroatoms. The van der Waals surface area contributed by atoms with E-state index >= 15 is 0 Å². The number of sulfone groups is 1. The number of nitrogens with one attached hydrogen (secondary N) is 1. The molecule has 31 heavy (non-hydrogen) atoms. The number of halogens is 3. The van der Waals surface area contributed by atoms with Crippen molar-refractivity contribution in [3.05, 3.63) is 53.6 Å². The molecule has 7 nitrogen and oxygen atoms in total. The zero-order chi connectivity index (χ0) is 23.4. The van der Waals surface area contributed by atoms with Crippen molar-refractivity contribution in [1.82, 2.24) is 0 Å². The number of aliphatic hydroxyl groups is 1. The Morgan fingerprint density at radius 2 is 1.94 bits per heavy atom. The molecule has 2 aromatic rings. The van der Waals surface area contributed by atoms with Gasteiger partial charge in [0.25, 0.3) is 5.91 Å². The quantitative estimate of drug-likeness (QED) is 0.494. The number of alkyl halides is 3. The Kier molecular flexibility index (Phi) is 6.98. The van der Waals surface area contributed by atoms with Crippen LogP contribution in [-0.2, 0) is 20.8 Å². The second kappa shape index (κ2) is 8.95. The Hall–Kier alpha value is -3.10. The maximum Gasteiger partial charge on any atom is 0.417 e. The van der Waals surface area contributed by atoms with Crippen LogP contribution in [0.1, 0.15) is 18.1 Å². The molecule has 2 rings (SSSR count). The summed E-state index contributed by atoms with van der Waals surface area (Å²) < 4.78 is 64.5. The zero-order valence-electron chi connectivity index (χ0n) is 15.8. The molecule has 0 aromatic heterocycles. The first-order chi connectivity index (χ1) is 14.3. The van der Waals surface area contributed by atoms with Crippen LogP contribution in [0.3, 0.4) is 0 Å². The highest BCUT2D eigenvalue weighted by molar-refractivity contribution is 7.91. The Morgan fingerprint density at radius 3 is 2.52 bits per heavy atom. The summed E-state index contributed by atoms with van der Waals surface area (Å²) in [6, 6.07) is 9.03. The topological polar surface area (TPSA) is 120 Å². The lowest BCUT2D eigenvalue weighted by Gasteiger charge is -2.22. The molecule has 0 aliphatic heterocycles. The molecule has 0 fully saturated rings. The average Bonchev–Trinajstić information content (AvgIpc) is 2.67. The van der Waals surface area contributed by atoms with E-state index in [0.29, 0.717) is 6.07 Å². The van der Waals surface area contributed by atoms with Crippen molar-refractivity contribution in [3.63, 3.8) is 0 Å². The first-order valence-electron chi connectivity index (χ1n) is 8.36. The van der Waals surface area contributed by atoms with Gasteiger partial charge in [0.15, 0.2) is 15.4 Å². The van der Waals surface area contributed by atoms with Crippen LogP contribution in [0.2, 0.25) is 0 Å². The molecule has 0 heterocycles. The summed E-state index contributed by atoms with van der Waals surface area (Å²) in [4.78, 5) is 15.8. The number of hydrogen-bond acceptors (Lipinski definition) is 7. The third-order valence-electron chi connectivity index (χ3n) is 4.02. The van der Waals surface area contributed by atoms with Crippen molar-refractivity contribution in [3.8, 4) is 6.07 Å². The Labute approximate surface area is 180 Å². The SMILES string of the molecule is CC(O)(CS(=O)(=O)c1cccc(N=C=S)c1)C(=O)Nc1ccc(C#N)c(C(F)(F)F)c1. The van der Waals surface area contributed by atoms with E-state index in [2.05, 4.69) is 22.4 Å². The third kappa shape index (κ3) is 5.96. The van der Waals surface area contributed by atoms with Crippen LogP contribution in [0.4, 0.5) is 24.5 Å². The summed E-state index contributed by atoms with van der Waals surface area (Å²) in [6.07, 6.45) is -4.85. The van der Waals surface area contributed by atoms with Gasteiger partial charge >= 0.3 is 6.18 Å². The largest absolute Gasteiger partial charge is 0.417 e. The molecule has 0 saturated heterocycles. The number of aliphatic imine (C=N–C) groups is 1. The smallest absolute Gasteiger partial charge is 0.379 e. The van der Waals surface area contributed by atoms with Crippen molar-refractivity contribution in [2.45, 2.75) is 23.6 Å². The number of rotatable bonds is 6. The van der Waals surface area contributed by atoms with Gasteiger partial charge in [0.1, 0.15) is 0 Å². The van der Waals surface area contributed by atoms with E-state index in [1.807, 2.05) is 5.32 Å². The fourth-order valence-corrected chi connectivity index (χ4v) is 4.27. The number of hydrogen-bond donors (Lipinski definition) is 2. The van der Waals surface area contributed by atoms with E-state index < -0.39 is 44.4 Å². The predicted octanol–water partition coefficient (Wildman–Crippen LogP) is 3.47. The highest BCUT2D eigenvalue weighted by Gasteiger charge is 2.38. The molecule has 0 spiro atoms. The molecule has 2 N–H and O–H groups in total. The van der Waals surface area contributed by atoms with E-state index in [0.717, 1.165) is 19.1 Å².